The Morgan fingerprint density at radius 2 is 2.44 bits per heavy atom. The van der Waals surface area contributed by atoms with E-state index in [0.717, 1.165) is 38.4 Å². The fourth-order valence-electron chi connectivity index (χ4n) is 2.65. The predicted octanol–water partition coefficient (Wildman–Crippen LogP) is -0.0120. The number of nitrogens with one attached hydrogen (secondary N) is 1. The summed E-state index contributed by atoms with van der Waals surface area (Å²) in [7, 11) is 0. The molecule has 0 bridgehead atoms. The number of rotatable bonds is 4. The van der Waals surface area contributed by atoms with Crippen LogP contribution in [0.4, 0.5) is 0 Å². The number of nitrogens with zero attached hydrogens (tertiary/aromatic N) is 3. The molecule has 1 N–H and O–H groups in total. The molecule has 2 aliphatic heterocycles. The molecule has 3 rings (SSSR count). The zero-order valence-corrected chi connectivity index (χ0v) is 10.8. The van der Waals surface area contributed by atoms with Crippen LogP contribution in [0.2, 0.25) is 0 Å². The van der Waals surface area contributed by atoms with E-state index in [9.17, 15) is 0 Å². The van der Waals surface area contributed by atoms with Crippen LogP contribution in [0.25, 0.3) is 0 Å². The average molecular weight is 252 g/mol. The first-order valence-electron chi connectivity index (χ1n) is 6.66. The molecular weight excluding hydrogens is 232 g/mol. The highest BCUT2D eigenvalue weighted by molar-refractivity contribution is 5.05. The highest BCUT2D eigenvalue weighted by Gasteiger charge is 2.48. The van der Waals surface area contributed by atoms with Crippen LogP contribution in [0.1, 0.15) is 19.2 Å². The predicted molar refractivity (Wildman–Crippen MR) is 65.3 cm³/mol. The summed E-state index contributed by atoms with van der Waals surface area (Å²) >= 11 is 0. The van der Waals surface area contributed by atoms with Crippen LogP contribution in [0.3, 0.4) is 0 Å². The number of hydrogen-bond donors (Lipinski definition) is 1. The van der Waals surface area contributed by atoms with E-state index in [1.54, 1.807) is 6.33 Å². The van der Waals surface area contributed by atoms with Crippen molar-refractivity contribution in [1.29, 1.82) is 0 Å². The van der Waals surface area contributed by atoms with E-state index in [4.69, 9.17) is 9.47 Å². The zero-order chi connectivity index (χ0) is 12.4. The Labute approximate surface area is 107 Å². The quantitative estimate of drug-likeness (QED) is 0.816. The SMILES string of the molecule is CCCn1ncnc1CC1NCCOC12COC2. The van der Waals surface area contributed by atoms with Crippen molar-refractivity contribution in [1.82, 2.24) is 20.1 Å². The van der Waals surface area contributed by atoms with Crippen molar-refractivity contribution in [2.45, 2.75) is 38.0 Å². The van der Waals surface area contributed by atoms with Crippen molar-refractivity contribution in [3.63, 3.8) is 0 Å². The topological polar surface area (TPSA) is 61.2 Å². The van der Waals surface area contributed by atoms with Crippen LogP contribution in [0, 0.1) is 0 Å². The number of ether oxygens (including phenoxy) is 2. The van der Waals surface area contributed by atoms with Crippen LogP contribution in [0.5, 0.6) is 0 Å². The third-order valence-corrected chi connectivity index (χ3v) is 3.73. The molecular formula is C12H20N4O2. The molecule has 1 spiro atoms. The third-order valence-electron chi connectivity index (χ3n) is 3.73. The number of morpholine rings is 1. The van der Waals surface area contributed by atoms with Crippen molar-refractivity contribution in [3.8, 4) is 0 Å². The highest BCUT2D eigenvalue weighted by atomic mass is 16.6. The summed E-state index contributed by atoms with van der Waals surface area (Å²) in [6.45, 7) is 6.11. The molecule has 3 heterocycles. The minimum Gasteiger partial charge on any atom is -0.375 e. The first-order chi connectivity index (χ1) is 8.84. The second-order valence-electron chi connectivity index (χ2n) is 5.02. The molecule has 0 saturated carbocycles. The Bertz CT molecular complexity index is 403. The lowest BCUT2D eigenvalue weighted by atomic mass is 9.88. The van der Waals surface area contributed by atoms with E-state index < -0.39 is 0 Å². The maximum atomic E-state index is 5.92. The summed E-state index contributed by atoms with van der Waals surface area (Å²) in [5.74, 6) is 1.03. The van der Waals surface area contributed by atoms with Gasteiger partial charge in [0.05, 0.1) is 19.8 Å². The molecule has 2 aliphatic rings. The summed E-state index contributed by atoms with van der Waals surface area (Å²) in [5.41, 5.74) is -0.138. The lowest BCUT2D eigenvalue weighted by Crippen LogP contribution is -2.68. The van der Waals surface area contributed by atoms with Gasteiger partial charge in [-0.15, -0.1) is 0 Å². The van der Waals surface area contributed by atoms with Gasteiger partial charge in [-0.3, -0.25) is 4.68 Å². The van der Waals surface area contributed by atoms with E-state index in [-0.39, 0.29) is 11.6 Å². The molecule has 0 amide bonds. The van der Waals surface area contributed by atoms with Crippen molar-refractivity contribution in [3.05, 3.63) is 12.2 Å². The van der Waals surface area contributed by atoms with Crippen molar-refractivity contribution >= 4 is 0 Å². The van der Waals surface area contributed by atoms with Gasteiger partial charge in [0.2, 0.25) is 0 Å². The Hall–Kier alpha value is -0.980. The summed E-state index contributed by atoms with van der Waals surface area (Å²) in [6, 6.07) is 0.278. The van der Waals surface area contributed by atoms with E-state index in [1.807, 2.05) is 4.68 Å². The van der Waals surface area contributed by atoms with Crippen molar-refractivity contribution < 1.29 is 9.47 Å². The van der Waals surface area contributed by atoms with Gasteiger partial charge in [-0.05, 0) is 6.42 Å². The highest BCUT2D eigenvalue weighted by Crippen LogP contribution is 2.29. The standard InChI is InChI=1S/C12H20N4O2/c1-2-4-16-11(14-9-15-16)6-10-12(7-17-8-12)18-5-3-13-10/h9-10,13H,2-8H2,1H3. The summed E-state index contributed by atoms with van der Waals surface area (Å²) in [4.78, 5) is 4.37. The molecule has 2 saturated heterocycles. The van der Waals surface area contributed by atoms with E-state index in [0.29, 0.717) is 13.2 Å². The molecule has 1 unspecified atom stereocenters. The summed E-state index contributed by atoms with van der Waals surface area (Å²) in [6.07, 6.45) is 3.56. The lowest BCUT2D eigenvalue weighted by Gasteiger charge is -2.49. The molecule has 2 fully saturated rings. The fraction of sp³-hybridized carbons (Fsp3) is 0.833. The van der Waals surface area contributed by atoms with Crippen LogP contribution >= 0.6 is 0 Å². The number of hydrogen-bond acceptors (Lipinski definition) is 5. The lowest BCUT2D eigenvalue weighted by molar-refractivity contribution is -0.237. The molecule has 0 aliphatic carbocycles. The van der Waals surface area contributed by atoms with Gasteiger partial charge in [0.15, 0.2) is 0 Å². The molecule has 18 heavy (non-hydrogen) atoms. The van der Waals surface area contributed by atoms with Crippen molar-refractivity contribution in [2.24, 2.45) is 0 Å². The van der Waals surface area contributed by atoms with Crippen molar-refractivity contribution in [2.75, 3.05) is 26.4 Å². The van der Waals surface area contributed by atoms with Gasteiger partial charge in [0.25, 0.3) is 0 Å². The third kappa shape index (κ3) is 2.04. The second-order valence-corrected chi connectivity index (χ2v) is 5.02. The largest absolute Gasteiger partial charge is 0.375 e. The molecule has 0 radical (unpaired) electrons. The Balaban J connectivity index is 1.72. The first-order valence-corrected chi connectivity index (χ1v) is 6.66. The zero-order valence-electron chi connectivity index (χ0n) is 10.8. The van der Waals surface area contributed by atoms with Gasteiger partial charge in [0.1, 0.15) is 17.8 Å². The molecule has 1 aromatic heterocycles. The minimum atomic E-state index is -0.138. The molecule has 1 atom stereocenters. The minimum absolute atomic E-state index is 0.138. The Morgan fingerprint density at radius 3 is 3.17 bits per heavy atom. The van der Waals surface area contributed by atoms with Gasteiger partial charge in [-0.25, -0.2) is 4.98 Å². The summed E-state index contributed by atoms with van der Waals surface area (Å²) < 4.78 is 13.2. The maximum absolute atomic E-state index is 5.92. The number of aryl methyl sites for hydroxylation is 1. The second kappa shape index (κ2) is 4.95. The van der Waals surface area contributed by atoms with Gasteiger partial charge >= 0.3 is 0 Å². The van der Waals surface area contributed by atoms with Crippen LogP contribution in [-0.4, -0.2) is 52.8 Å². The molecule has 0 aromatic carbocycles. The molecule has 6 nitrogen and oxygen atoms in total. The van der Waals surface area contributed by atoms with Crippen LogP contribution in [0.15, 0.2) is 6.33 Å². The van der Waals surface area contributed by atoms with Gasteiger partial charge in [-0.2, -0.15) is 5.10 Å². The van der Waals surface area contributed by atoms with Crippen LogP contribution < -0.4 is 5.32 Å². The molecule has 6 heteroatoms. The fourth-order valence-corrected chi connectivity index (χ4v) is 2.65. The van der Waals surface area contributed by atoms with E-state index >= 15 is 0 Å². The molecule has 100 valence electrons. The first kappa shape index (κ1) is 12.1. The van der Waals surface area contributed by atoms with Crippen LogP contribution in [-0.2, 0) is 22.4 Å². The number of aromatic nitrogens is 3. The normalized spacial score (nSPS) is 26.2. The van der Waals surface area contributed by atoms with Gasteiger partial charge in [-0.1, -0.05) is 6.92 Å². The Morgan fingerprint density at radius 1 is 1.56 bits per heavy atom. The van der Waals surface area contributed by atoms with Gasteiger partial charge < -0.3 is 14.8 Å². The smallest absolute Gasteiger partial charge is 0.138 e. The summed E-state index contributed by atoms with van der Waals surface area (Å²) in [5, 5.41) is 7.80. The molecule has 1 aromatic rings. The van der Waals surface area contributed by atoms with Gasteiger partial charge in [0, 0.05) is 25.6 Å². The Kier molecular flexibility index (Phi) is 3.32. The monoisotopic (exact) mass is 252 g/mol. The maximum Gasteiger partial charge on any atom is 0.138 e. The average Bonchev–Trinajstić information content (AvgIpc) is 2.76. The van der Waals surface area contributed by atoms with E-state index in [2.05, 4.69) is 22.3 Å². The van der Waals surface area contributed by atoms with E-state index in [1.165, 1.54) is 0 Å².